The highest BCUT2D eigenvalue weighted by atomic mass is 16.5. The Morgan fingerprint density at radius 3 is 2.50 bits per heavy atom. The second-order valence-corrected chi connectivity index (χ2v) is 8.06. The van der Waals surface area contributed by atoms with Crippen molar-refractivity contribution < 1.29 is 14.3 Å². The van der Waals surface area contributed by atoms with Crippen LogP contribution in [0.1, 0.15) is 45.7 Å². The fourth-order valence-corrected chi connectivity index (χ4v) is 4.46. The van der Waals surface area contributed by atoms with E-state index in [4.69, 9.17) is 4.74 Å². The van der Waals surface area contributed by atoms with Gasteiger partial charge in [0, 0.05) is 25.9 Å². The van der Waals surface area contributed by atoms with Crippen LogP contribution in [0.2, 0.25) is 0 Å². The zero-order valence-electron chi connectivity index (χ0n) is 16.9. The number of carbonyl (C=O) groups is 2. The van der Waals surface area contributed by atoms with Gasteiger partial charge < -0.3 is 9.64 Å². The minimum Gasteiger partial charge on any atom is -0.486 e. The predicted molar refractivity (Wildman–Crippen MR) is 112 cm³/mol. The average molecular weight is 401 g/mol. The van der Waals surface area contributed by atoms with E-state index in [1.54, 1.807) is 10.9 Å². The summed E-state index contributed by atoms with van der Waals surface area (Å²) in [4.78, 5) is 27.6. The van der Waals surface area contributed by atoms with Gasteiger partial charge in [-0.15, -0.1) is 0 Å². The molecule has 1 fully saturated rings. The van der Waals surface area contributed by atoms with E-state index in [0.29, 0.717) is 49.2 Å². The van der Waals surface area contributed by atoms with E-state index in [0.717, 1.165) is 11.4 Å². The Morgan fingerprint density at radius 1 is 1.03 bits per heavy atom. The van der Waals surface area contributed by atoms with Crippen LogP contribution >= 0.6 is 0 Å². The Labute approximate surface area is 175 Å². The van der Waals surface area contributed by atoms with Crippen LogP contribution in [0.5, 0.6) is 5.75 Å². The number of benzene rings is 2. The minimum absolute atomic E-state index is 0.0212. The van der Waals surface area contributed by atoms with Gasteiger partial charge in [0.2, 0.25) is 0 Å². The van der Waals surface area contributed by atoms with Crippen LogP contribution in [-0.4, -0.2) is 45.1 Å². The lowest BCUT2D eigenvalue weighted by Crippen LogP contribution is -2.52. The quantitative estimate of drug-likeness (QED) is 0.655. The highest BCUT2D eigenvalue weighted by Crippen LogP contribution is 2.39. The van der Waals surface area contributed by atoms with Gasteiger partial charge >= 0.3 is 0 Å². The molecule has 1 amide bonds. The number of piperidine rings is 1. The van der Waals surface area contributed by atoms with Crippen LogP contribution in [0.25, 0.3) is 5.69 Å². The van der Waals surface area contributed by atoms with Gasteiger partial charge in [-0.25, -0.2) is 4.68 Å². The first-order valence-corrected chi connectivity index (χ1v) is 10.3. The highest BCUT2D eigenvalue weighted by molar-refractivity contribution is 6.00. The second-order valence-electron chi connectivity index (χ2n) is 8.06. The summed E-state index contributed by atoms with van der Waals surface area (Å²) in [7, 11) is 0. The third-order valence-corrected chi connectivity index (χ3v) is 6.20. The molecule has 5 rings (SSSR count). The Hall–Kier alpha value is -3.41. The largest absolute Gasteiger partial charge is 0.486 e. The standard InChI is InChI=1S/C24H23N3O3/c1-17-20(16-25-27(17)18-7-3-2-4-8-18)23(29)26-13-11-24(12-14-26)15-21(28)19-9-5-6-10-22(19)30-24/h2-10,16H,11-15H2,1H3. The smallest absolute Gasteiger partial charge is 0.257 e. The van der Waals surface area contributed by atoms with Gasteiger partial charge in [0.15, 0.2) is 5.78 Å². The molecule has 1 saturated heterocycles. The molecule has 0 N–H and O–H groups in total. The molecule has 0 atom stereocenters. The maximum absolute atomic E-state index is 13.2. The number of para-hydroxylation sites is 2. The maximum Gasteiger partial charge on any atom is 0.257 e. The molecule has 152 valence electrons. The zero-order valence-corrected chi connectivity index (χ0v) is 16.9. The number of rotatable bonds is 2. The predicted octanol–water partition coefficient (Wildman–Crippen LogP) is 3.82. The van der Waals surface area contributed by atoms with Gasteiger partial charge in [0.25, 0.3) is 5.91 Å². The number of Topliss-reactive ketones (excluding diaryl/α,β-unsaturated/α-hetero) is 1. The SMILES string of the molecule is Cc1c(C(=O)N2CCC3(CC2)CC(=O)c2ccccc2O3)cnn1-c1ccccc1. The van der Waals surface area contributed by atoms with Crippen molar-refractivity contribution in [2.75, 3.05) is 13.1 Å². The highest BCUT2D eigenvalue weighted by Gasteiger charge is 2.43. The molecule has 2 aliphatic heterocycles. The summed E-state index contributed by atoms with van der Waals surface area (Å²) in [6.07, 6.45) is 3.30. The van der Waals surface area contributed by atoms with Crippen molar-refractivity contribution in [3.8, 4) is 11.4 Å². The summed E-state index contributed by atoms with van der Waals surface area (Å²) in [5, 5.41) is 4.42. The monoisotopic (exact) mass is 401 g/mol. The first-order chi connectivity index (χ1) is 14.6. The molecule has 0 bridgehead atoms. The molecular weight excluding hydrogens is 378 g/mol. The van der Waals surface area contributed by atoms with Gasteiger partial charge in [-0.1, -0.05) is 30.3 Å². The van der Waals surface area contributed by atoms with Crippen molar-refractivity contribution in [2.45, 2.75) is 31.8 Å². The first-order valence-electron chi connectivity index (χ1n) is 10.3. The minimum atomic E-state index is -0.508. The number of aromatic nitrogens is 2. The summed E-state index contributed by atoms with van der Waals surface area (Å²) >= 11 is 0. The normalized spacial score (nSPS) is 17.5. The van der Waals surface area contributed by atoms with E-state index in [-0.39, 0.29) is 11.7 Å². The second kappa shape index (κ2) is 7.13. The number of hydrogen-bond donors (Lipinski definition) is 0. The van der Waals surface area contributed by atoms with Gasteiger partial charge in [0.05, 0.1) is 35.1 Å². The third kappa shape index (κ3) is 3.09. The maximum atomic E-state index is 13.2. The number of fused-ring (bicyclic) bond motifs is 1. The van der Waals surface area contributed by atoms with Crippen molar-refractivity contribution in [1.29, 1.82) is 0 Å². The molecule has 1 spiro atoms. The van der Waals surface area contributed by atoms with Crippen molar-refractivity contribution >= 4 is 11.7 Å². The van der Waals surface area contributed by atoms with Gasteiger partial charge in [-0.3, -0.25) is 9.59 Å². The lowest BCUT2D eigenvalue weighted by Gasteiger charge is -2.43. The van der Waals surface area contributed by atoms with E-state index in [1.807, 2.05) is 66.4 Å². The summed E-state index contributed by atoms with van der Waals surface area (Å²) in [6.45, 7) is 3.03. The molecule has 30 heavy (non-hydrogen) atoms. The molecule has 3 aromatic rings. The molecule has 3 heterocycles. The van der Waals surface area contributed by atoms with Crippen LogP contribution in [0.3, 0.4) is 0 Å². The van der Waals surface area contributed by atoms with Crippen LogP contribution < -0.4 is 4.74 Å². The number of likely N-dealkylation sites (tertiary alicyclic amines) is 1. The number of carbonyl (C=O) groups excluding carboxylic acids is 2. The molecule has 2 aliphatic rings. The van der Waals surface area contributed by atoms with Crippen LogP contribution in [0.4, 0.5) is 0 Å². The Balaban J connectivity index is 1.32. The van der Waals surface area contributed by atoms with Crippen LogP contribution in [0.15, 0.2) is 60.8 Å². The summed E-state index contributed by atoms with van der Waals surface area (Å²) in [5.74, 6) is 0.761. The van der Waals surface area contributed by atoms with E-state index in [9.17, 15) is 9.59 Å². The Morgan fingerprint density at radius 2 is 1.73 bits per heavy atom. The third-order valence-electron chi connectivity index (χ3n) is 6.20. The fraction of sp³-hybridized carbons (Fsp3) is 0.292. The van der Waals surface area contributed by atoms with E-state index >= 15 is 0 Å². The van der Waals surface area contributed by atoms with Crippen molar-refractivity contribution in [3.05, 3.63) is 77.6 Å². The lowest BCUT2D eigenvalue weighted by molar-refractivity contribution is -0.00571. The van der Waals surface area contributed by atoms with Gasteiger partial charge in [0.1, 0.15) is 11.4 Å². The molecule has 6 nitrogen and oxygen atoms in total. The van der Waals surface area contributed by atoms with E-state index in [2.05, 4.69) is 5.10 Å². The molecule has 2 aromatic carbocycles. The topological polar surface area (TPSA) is 64.4 Å². The summed E-state index contributed by atoms with van der Waals surface area (Å²) in [5.41, 5.74) is 2.51. The van der Waals surface area contributed by atoms with Crippen molar-refractivity contribution in [3.63, 3.8) is 0 Å². The first kappa shape index (κ1) is 18.6. The Bertz CT molecular complexity index is 1110. The molecule has 0 aliphatic carbocycles. The van der Waals surface area contributed by atoms with Gasteiger partial charge in [-0.05, 0) is 31.2 Å². The molecule has 1 aromatic heterocycles. The van der Waals surface area contributed by atoms with Gasteiger partial charge in [-0.2, -0.15) is 5.10 Å². The van der Waals surface area contributed by atoms with Crippen LogP contribution in [-0.2, 0) is 0 Å². The van der Waals surface area contributed by atoms with Crippen molar-refractivity contribution in [1.82, 2.24) is 14.7 Å². The molecular formula is C24H23N3O3. The van der Waals surface area contributed by atoms with E-state index in [1.165, 1.54) is 0 Å². The summed E-state index contributed by atoms with van der Waals surface area (Å²) in [6, 6.07) is 17.2. The molecule has 0 saturated carbocycles. The van der Waals surface area contributed by atoms with Crippen molar-refractivity contribution in [2.24, 2.45) is 0 Å². The number of ketones is 1. The van der Waals surface area contributed by atoms with Crippen LogP contribution in [0, 0.1) is 6.92 Å². The average Bonchev–Trinajstić information content (AvgIpc) is 3.16. The van der Waals surface area contributed by atoms with E-state index < -0.39 is 5.60 Å². The summed E-state index contributed by atoms with van der Waals surface area (Å²) < 4.78 is 8.07. The number of nitrogens with zero attached hydrogens (tertiary/aromatic N) is 3. The number of amides is 1. The number of hydrogen-bond acceptors (Lipinski definition) is 4. The fourth-order valence-electron chi connectivity index (χ4n) is 4.46. The molecule has 6 heteroatoms. The Kier molecular flexibility index (Phi) is 4.42. The number of ether oxygens (including phenoxy) is 1. The molecule has 0 radical (unpaired) electrons. The lowest BCUT2D eigenvalue weighted by atomic mass is 9.82. The molecule has 0 unspecified atom stereocenters. The zero-order chi connectivity index (χ0) is 20.7.